The molecule has 0 aliphatic carbocycles. The van der Waals surface area contributed by atoms with Gasteiger partial charge in [-0.1, -0.05) is 78.7 Å². The third kappa shape index (κ3) is 5.89. The van der Waals surface area contributed by atoms with Gasteiger partial charge in [0.05, 0.1) is 11.8 Å². The third-order valence-corrected chi connectivity index (χ3v) is 7.94. The predicted molar refractivity (Wildman–Crippen MR) is 131 cm³/mol. The molecule has 1 N–H and O–H groups in total. The Kier molecular flexibility index (Phi) is 7.26. The minimum atomic E-state index is -3.33. The van der Waals surface area contributed by atoms with E-state index >= 15 is 0 Å². The molecule has 1 saturated heterocycles. The molecule has 6 heteroatoms. The van der Waals surface area contributed by atoms with Crippen molar-refractivity contribution >= 4 is 15.9 Å². The fourth-order valence-corrected chi connectivity index (χ4v) is 5.79. The summed E-state index contributed by atoms with van der Waals surface area (Å²) in [5, 5.41) is 3.14. The number of rotatable bonds is 7. The number of carbonyl (C=O) groups excluding carboxylic acids is 1. The average Bonchev–Trinajstić information content (AvgIpc) is 2.84. The number of piperidine rings is 1. The summed E-state index contributed by atoms with van der Waals surface area (Å²) in [5.74, 6) is -0.236. The van der Waals surface area contributed by atoms with Crippen LogP contribution in [0.15, 0.2) is 78.9 Å². The summed E-state index contributed by atoms with van der Waals surface area (Å²) in [6.45, 7) is 3.23. The lowest BCUT2D eigenvalue weighted by atomic mass is 9.97. The number of hydrogen-bond donors (Lipinski definition) is 1. The lowest BCUT2D eigenvalue weighted by Gasteiger charge is -2.25. The fourth-order valence-electron chi connectivity index (χ4n) is 4.18. The normalized spacial score (nSPS) is 15.7. The van der Waals surface area contributed by atoms with Crippen LogP contribution in [0.4, 0.5) is 0 Å². The summed E-state index contributed by atoms with van der Waals surface area (Å²) in [4.78, 5) is 13.1. The lowest BCUT2D eigenvalue weighted by Crippen LogP contribution is -2.36. The van der Waals surface area contributed by atoms with Crippen LogP contribution in [-0.4, -0.2) is 31.7 Å². The average molecular weight is 463 g/mol. The maximum Gasteiger partial charge on any atom is 0.252 e. The number of nitrogens with one attached hydrogen (secondary N) is 1. The summed E-state index contributed by atoms with van der Waals surface area (Å²) >= 11 is 0. The van der Waals surface area contributed by atoms with Gasteiger partial charge in [0.1, 0.15) is 0 Å². The zero-order valence-corrected chi connectivity index (χ0v) is 19.7. The first-order chi connectivity index (χ1) is 15.9. The van der Waals surface area contributed by atoms with Gasteiger partial charge in [0, 0.05) is 18.7 Å². The topological polar surface area (TPSA) is 66.5 Å². The van der Waals surface area contributed by atoms with E-state index in [0.29, 0.717) is 24.2 Å². The Morgan fingerprint density at radius 3 is 2.09 bits per heavy atom. The van der Waals surface area contributed by atoms with Crippen molar-refractivity contribution in [2.75, 3.05) is 13.1 Å². The second-order valence-corrected chi connectivity index (χ2v) is 10.6. The Balaban J connectivity index is 1.49. The molecule has 1 unspecified atom stereocenters. The van der Waals surface area contributed by atoms with Crippen molar-refractivity contribution in [3.8, 4) is 0 Å². The molecule has 1 fully saturated rings. The molecule has 0 spiro atoms. The van der Waals surface area contributed by atoms with Crippen LogP contribution in [0.2, 0.25) is 0 Å². The predicted octanol–water partition coefficient (Wildman–Crippen LogP) is 4.83. The van der Waals surface area contributed by atoms with E-state index in [2.05, 4.69) is 5.32 Å². The molecule has 3 aromatic rings. The van der Waals surface area contributed by atoms with Crippen molar-refractivity contribution in [3.63, 3.8) is 0 Å². The highest BCUT2D eigenvalue weighted by atomic mass is 32.2. The molecule has 5 nitrogen and oxygen atoms in total. The first-order valence-electron chi connectivity index (χ1n) is 11.4. The molecular weight excluding hydrogens is 432 g/mol. The van der Waals surface area contributed by atoms with Gasteiger partial charge in [-0.15, -0.1) is 0 Å². The first-order valence-corrected chi connectivity index (χ1v) is 13.0. The van der Waals surface area contributed by atoms with Crippen LogP contribution in [0.3, 0.4) is 0 Å². The highest BCUT2D eigenvalue weighted by Crippen LogP contribution is 2.23. The number of amides is 1. The molecule has 0 radical (unpaired) electrons. The molecule has 1 atom stereocenters. The van der Waals surface area contributed by atoms with Crippen LogP contribution in [-0.2, 0) is 15.8 Å². The van der Waals surface area contributed by atoms with Gasteiger partial charge in [-0.05, 0) is 48.6 Å². The van der Waals surface area contributed by atoms with Gasteiger partial charge >= 0.3 is 0 Å². The number of carbonyl (C=O) groups is 1. The standard InChI is InChI=1S/C27H30N2O3S/c1-21-10-14-24(15-11-21)26(23-8-4-2-5-9-23)28-27(30)25-16-12-22(13-17-25)20-33(31,32)29-18-6-3-7-19-29/h2,4-5,8-17,26H,3,6-7,18-20H2,1H3,(H,28,30). The molecule has 0 saturated carbocycles. The van der Waals surface area contributed by atoms with Gasteiger partial charge in [0.2, 0.25) is 10.0 Å². The van der Waals surface area contributed by atoms with Crippen LogP contribution in [0.5, 0.6) is 0 Å². The SMILES string of the molecule is Cc1ccc(C(NC(=O)c2ccc(CS(=O)(=O)N3CCCCC3)cc2)c2ccccc2)cc1. The van der Waals surface area contributed by atoms with Crippen molar-refractivity contribution in [1.82, 2.24) is 9.62 Å². The van der Waals surface area contributed by atoms with Crippen molar-refractivity contribution in [3.05, 3.63) is 107 Å². The van der Waals surface area contributed by atoms with Crippen LogP contribution in [0.25, 0.3) is 0 Å². The van der Waals surface area contributed by atoms with E-state index in [0.717, 1.165) is 36.0 Å². The summed E-state index contributed by atoms with van der Waals surface area (Å²) in [6.07, 6.45) is 2.92. The van der Waals surface area contributed by atoms with Crippen LogP contribution in [0.1, 0.15) is 57.9 Å². The monoisotopic (exact) mass is 462 g/mol. The summed E-state index contributed by atoms with van der Waals surface area (Å²) < 4.78 is 27.0. The van der Waals surface area contributed by atoms with E-state index in [1.807, 2.05) is 61.5 Å². The minimum Gasteiger partial charge on any atom is -0.341 e. The van der Waals surface area contributed by atoms with E-state index in [-0.39, 0.29) is 17.7 Å². The number of nitrogens with zero attached hydrogens (tertiary/aromatic N) is 1. The van der Waals surface area contributed by atoms with Gasteiger partial charge in [-0.25, -0.2) is 12.7 Å². The zero-order valence-electron chi connectivity index (χ0n) is 18.9. The second-order valence-electron chi connectivity index (χ2n) is 8.64. The van der Waals surface area contributed by atoms with Crippen molar-refractivity contribution in [1.29, 1.82) is 0 Å². The summed E-state index contributed by atoms with van der Waals surface area (Å²) in [6, 6.07) is 24.6. The number of sulfonamides is 1. The Morgan fingerprint density at radius 1 is 0.848 bits per heavy atom. The summed E-state index contributed by atoms with van der Waals surface area (Å²) in [5.41, 5.74) is 4.35. The van der Waals surface area contributed by atoms with E-state index in [9.17, 15) is 13.2 Å². The van der Waals surface area contributed by atoms with Gasteiger partial charge in [0.25, 0.3) is 5.91 Å². The van der Waals surface area contributed by atoms with E-state index in [1.165, 1.54) is 0 Å². The molecule has 4 rings (SSSR count). The molecular formula is C27H30N2O3S. The summed E-state index contributed by atoms with van der Waals surface area (Å²) in [7, 11) is -3.33. The van der Waals surface area contributed by atoms with Crippen LogP contribution >= 0.6 is 0 Å². The lowest BCUT2D eigenvalue weighted by molar-refractivity contribution is 0.0943. The largest absolute Gasteiger partial charge is 0.341 e. The van der Waals surface area contributed by atoms with Gasteiger partial charge in [-0.2, -0.15) is 0 Å². The number of benzene rings is 3. The van der Waals surface area contributed by atoms with Crippen molar-refractivity contribution in [2.45, 2.75) is 38.0 Å². The minimum absolute atomic E-state index is 0.0368. The molecule has 1 aliphatic heterocycles. The maximum atomic E-state index is 13.1. The van der Waals surface area contributed by atoms with Crippen LogP contribution < -0.4 is 5.32 Å². The Morgan fingerprint density at radius 2 is 1.45 bits per heavy atom. The molecule has 1 aliphatic rings. The van der Waals surface area contributed by atoms with Gasteiger partial charge in [0.15, 0.2) is 0 Å². The number of aryl methyl sites for hydroxylation is 1. The van der Waals surface area contributed by atoms with Crippen LogP contribution in [0, 0.1) is 6.92 Å². The zero-order chi connectivity index (χ0) is 23.3. The van der Waals surface area contributed by atoms with Crippen molar-refractivity contribution < 1.29 is 13.2 Å². The van der Waals surface area contributed by atoms with Crippen molar-refractivity contribution in [2.24, 2.45) is 0 Å². The fraction of sp³-hybridized carbons (Fsp3) is 0.296. The quantitative estimate of drug-likeness (QED) is 0.547. The van der Waals surface area contributed by atoms with Gasteiger partial charge in [-0.3, -0.25) is 4.79 Å². The molecule has 172 valence electrons. The van der Waals surface area contributed by atoms with E-state index < -0.39 is 10.0 Å². The van der Waals surface area contributed by atoms with Gasteiger partial charge < -0.3 is 5.32 Å². The maximum absolute atomic E-state index is 13.1. The second kappa shape index (κ2) is 10.3. The van der Waals surface area contributed by atoms with E-state index in [1.54, 1.807) is 28.6 Å². The highest BCUT2D eigenvalue weighted by Gasteiger charge is 2.24. The Hall–Kier alpha value is -2.96. The highest BCUT2D eigenvalue weighted by molar-refractivity contribution is 7.88. The molecule has 3 aromatic carbocycles. The van der Waals surface area contributed by atoms with E-state index in [4.69, 9.17) is 0 Å². The molecule has 0 bridgehead atoms. The molecule has 33 heavy (non-hydrogen) atoms. The smallest absolute Gasteiger partial charge is 0.252 e. The number of hydrogen-bond acceptors (Lipinski definition) is 3. The molecule has 1 amide bonds. The molecule has 0 aromatic heterocycles. The Labute approximate surface area is 196 Å². The Bertz CT molecular complexity index is 1170. The third-order valence-electron chi connectivity index (χ3n) is 6.09. The first kappa shape index (κ1) is 23.2. The molecule has 1 heterocycles.